The van der Waals surface area contributed by atoms with E-state index in [4.69, 9.17) is 9.76 Å². The summed E-state index contributed by atoms with van der Waals surface area (Å²) < 4.78 is 18.7. The summed E-state index contributed by atoms with van der Waals surface area (Å²) in [5.74, 6) is -2.71. The summed E-state index contributed by atoms with van der Waals surface area (Å²) in [4.78, 5) is 22.8. The minimum Gasteiger partial charge on any atom is -0.535 e. The van der Waals surface area contributed by atoms with E-state index in [1.54, 1.807) is 6.26 Å². The minimum absolute atomic E-state index is 0.0673. The monoisotopic (exact) mass is 313 g/mol. The van der Waals surface area contributed by atoms with Gasteiger partial charge in [-0.2, -0.15) is 11.8 Å². The molecule has 1 aromatic rings. The van der Waals surface area contributed by atoms with Gasteiger partial charge in [0.2, 0.25) is 5.91 Å². The molecule has 0 bridgehead atoms. The van der Waals surface area contributed by atoms with E-state index >= 15 is 0 Å². The smallest absolute Gasteiger partial charge is 0.525 e. The van der Waals surface area contributed by atoms with Gasteiger partial charge in [-0.25, -0.2) is 9.18 Å². The number of hydrogen-bond acceptors (Lipinski definition) is 5. The number of aromatic carboxylic acids is 1. The number of fused-ring (bicyclic) bond motifs is 1. The van der Waals surface area contributed by atoms with Crippen LogP contribution in [0.1, 0.15) is 22.0 Å². The van der Waals surface area contributed by atoms with Gasteiger partial charge < -0.3 is 20.1 Å². The Balaban J connectivity index is 2.40. The zero-order chi connectivity index (χ0) is 15.6. The van der Waals surface area contributed by atoms with Gasteiger partial charge in [0.05, 0.1) is 11.8 Å². The van der Waals surface area contributed by atoms with Crippen molar-refractivity contribution in [2.75, 3.05) is 12.0 Å². The maximum atomic E-state index is 13.6. The molecule has 0 aliphatic carbocycles. The Hall–Kier alpha value is -1.74. The summed E-state index contributed by atoms with van der Waals surface area (Å²) in [6.45, 7) is 0. The Labute approximate surface area is 124 Å². The number of thioether (sulfide) groups is 1. The lowest BCUT2D eigenvalue weighted by Gasteiger charge is -2.29. The number of hydrogen-bond donors (Lipinski definition) is 3. The lowest BCUT2D eigenvalue weighted by molar-refractivity contribution is -0.119. The Morgan fingerprint density at radius 1 is 1.57 bits per heavy atom. The molecule has 21 heavy (non-hydrogen) atoms. The van der Waals surface area contributed by atoms with Crippen molar-refractivity contribution in [3.8, 4) is 5.75 Å². The van der Waals surface area contributed by atoms with E-state index in [-0.39, 0.29) is 23.7 Å². The number of nitrogens with one attached hydrogen (secondary N) is 1. The highest BCUT2D eigenvalue weighted by Gasteiger charge is 2.36. The zero-order valence-corrected chi connectivity index (χ0v) is 11.9. The predicted molar refractivity (Wildman–Crippen MR) is 76.0 cm³/mol. The van der Waals surface area contributed by atoms with Gasteiger partial charge in [-0.1, -0.05) is 6.07 Å². The molecule has 3 N–H and O–H groups in total. The van der Waals surface area contributed by atoms with Crippen LogP contribution in [0.4, 0.5) is 4.39 Å². The summed E-state index contributed by atoms with van der Waals surface area (Å²) in [6.07, 6.45) is 1.84. The Morgan fingerprint density at radius 3 is 2.90 bits per heavy atom. The van der Waals surface area contributed by atoms with Crippen LogP contribution in [0.15, 0.2) is 12.1 Å². The number of carbonyl (C=O) groups is 2. The molecule has 2 rings (SSSR count). The SMILES string of the molecule is CSCC(=O)N[C@@H]1CB(O)Oc2c1ccc(F)c2C(=O)O. The van der Waals surface area contributed by atoms with Gasteiger partial charge in [0.1, 0.15) is 17.1 Å². The van der Waals surface area contributed by atoms with Gasteiger partial charge in [-0.05, 0) is 12.3 Å². The van der Waals surface area contributed by atoms with Gasteiger partial charge >= 0.3 is 13.1 Å². The molecular weight excluding hydrogens is 300 g/mol. The van der Waals surface area contributed by atoms with Gasteiger partial charge in [0.15, 0.2) is 0 Å². The molecule has 112 valence electrons. The van der Waals surface area contributed by atoms with Crippen molar-refractivity contribution in [2.24, 2.45) is 0 Å². The standard InChI is InChI=1S/C12H13BFNO5S/c1-21-5-9(16)15-8-4-13(19)20-11-6(8)2-3-7(14)10(11)12(17)18/h2-3,8,19H,4-5H2,1H3,(H,15,16)(H,17,18)/t8-/m1/s1. The number of carboxylic acids is 1. The molecule has 1 amide bonds. The number of amides is 1. The summed E-state index contributed by atoms with van der Waals surface area (Å²) in [5, 5.41) is 21.4. The molecule has 1 heterocycles. The number of carbonyl (C=O) groups excluding carboxylic acids is 1. The molecule has 1 aromatic carbocycles. The van der Waals surface area contributed by atoms with E-state index < -0.39 is 30.5 Å². The first-order valence-electron chi connectivity index (χ1n) is 6.12. The molecule has 9 heteroatoms. The van der Waals surface area contributed by atoms with Gasteiger partial charge in [0.25, 0.3) is 0 Å². The Bertz CT molecular complexity index is 585. The quantitative estimate of drug-likeness (QED) is 0.715. The molecule has 0 unspecified atom stereocenters. The van der Waals surface area contributed by atoms with Crippen LogP contribution < -0.4 is 9.97 Å². The van der Waals surface area contributed by atoms with Crippen LogP contribution in [0.3, 0.4) is 0 Å². The third kappa shape index (κ3) is 3.30. The molecule has 1 aliphatic heterocycles. The molecule has 6 nitrogen and oxygen atoms in total. The van der Waals surface area contributed by atoms with Crippen LogP contribution in [0, 0.1) is 5.82 Å². The molecule has 0 radical (unpaired) electrons. The van der Waals surface area contributed by atoms with Crippen LogP contribution in [0.5, 0.6) is 5.75 Å². The summed E-state index contributed by atoms with van der Waals surface area (Å²) in [5.41, 5.74) is -0.302. The second kappa shape index (κ2) is 6.36. The third-order valence-electron chi connectivity index (χ3n) is 3.03. The van der Waals surface area contributed by atoms with Crippen LogP contribution in [0.25, 0.3) is 0 Å². The lowest BCUT2D eigenvalue weighted by atomic mass is 9.75. The fourth-order valence-electron chi connectivity index (χ4n) is 2.19. The van der Waals surface area contributed by atoms with Crippen molar-refractivity contribution < 1.29 is 28.8 Å². The molecular formula is C12H13BFNO5S. The Kier molecular flexibility index (Phi) is 4.74. The van der Waals surface area contributed by atoms with Crippen LogP contribution >= 0.6 is 11.8 Å². The van der Waals surface area contributed by atoms with Gasteiger partial charge in [-0.15, -0.1) is 0 Å². The highest BCUT2D eigenvalue weighted by atomic mass is 32.2. The van der Waals surface area contributed by atoms with E-state index in [2.05, 4.69) is 5.32 Å². The van der Waals surface area contributed by atoms with Gasteiger partial charge in [-0.3, -0.25) is 4.79 Å². The van der Waals surface area contributed by atoms with E-state index in [0.717, 1.165) is 6.07 Å². The van der Waals surface area contributed by atoms with Crippen LogP contribution in [-0.2, 0) is 4.79 Å². The summed E-state index contributed by atoms with van der Waals surface area (Å²) in [6, 6.07) is 1.74. The average Bonchev–Trinajstić information content (AvgIpc) is 2.37. The largest absolute Gasteiger partial charge is 0.535 e. The molecule has 0 saturated heterocycles. The minimum atomic E-state index is -1.49. The Morgan fingerprint density at radius 2 is 2.29 bits per heavy atom. The summed E-state index contributed by atoms with van der Waals surface area (Å²) in [7, 11) is -1.31. The second-order valence-corrected chi connectivity index (χ2v) is 5.37. The molecule has 0 aromatic heterocycles. The normalized spacial score (nSPS) is 16.9. The van der Waals surface area contributed by atoms with Gasteiger partial charge in [0, 0.05) is 11.9 Å². The second-order valence-electron chi connectivity index (χ2n) is 4.51. The maximum Gasteiger partial charge on any atom is 0.525 e. The molecule has 0 spiro atoms. The zero-order valence-electron chi connectivity index (χ0n) is 11.1. The van der Waals surface area contributed by atoms with E-state index in [1.165, 1.54) is 17.8 Å². The number of rotatable bonds is 4. The van der Waals surface area contributed by atoms with Crippen molar-refractivity contribution in [2.45, 2.75) is 12.4 Å². The van der Waals surface area contributed by atoms with Crippen molar-refractivity contribution in [1.29, 1.82) is 0 Å². The summed E-state index contributed by atoms with van der Waals surface area (Å²) >= 11 is 1.33. The maximum absolute atomic E-state index is 13.6. The van der Waals surface area contributed by atoms with Crippen molar-refractivity contribution in [3.05, 3.63) is 29.1 Å². The topological polar surface area (TPSA) is 95.9 Å². The average molecular weight is 313 g/mol. The number of benzene rings is 1. The van der Waals surface area contributed by atoms with Crippen molar-refractivity contribution >= 4 is 30.8 Å². The number of carboxylic acid groups (broad SMARTS) is 1. The van der Waals surface area contributed by atoms with Crippen molar-refractivity contribution in [1.82, 2.24) is 5.32 Å². The molecule has 1 aliphatic rings. The van der Waals surface area contributed by atoms with E-state index in [1.807, 2.05) is 0 Å². The predicted octanol–water partition coefficient (Wildman–Crippen LogP) is 0.917. The number of halogens is 1. The van der Waals surface area contributed by atoms with E-state index in [0.29, 0.717) is 5.56 Å². The highest BCUT2D eigenvalue weighted by Crippen LogP contribution is 2.37. The first-order valence-corrected chi connectivity index (χ1v) is 7.52. The first-order chi connectivity index (χ1) is 9.93. The third-order valence-corrected chi connectivity index (χ3v) is 3.58. The van der Waals surface area contributed by atoms with Crippen LogP contribution in [0.2, 0.25) is 6.32 Å². The molecule has 1 atom stereocenters. The lowest BCUT2D eigenvalue weighted by Crippen LogP contribution is -2.39. The van der Waals surface area contributed by atoms with Crippen molar-refractivity contribution in [3.63, 3.8) is 0 Å². The fourth-order valence-corrected chi connectivity index (χ4v) is 2.54. The van der Waals surface area contributed by atoms with E-state index in [9.17, 15) is 19.0 Å². The fraction of sp³-hybridized carbons (Fsp3) is 0.333. The first kappa shape index (κ1) is 15.6. The van der Waals surface area contributed by atoms with Crippen LogP contribution in [-0.4, -0.2) is 41.1 Å². The molecule has 0 saturated carbocycles. The highest BCUT2D eigenvalue weighted by molar-refractivity contribution is 7.99. The molecule has 0 fully saturated rings.